The van der Waals surface area contributed by atoms with Crippen LogP contribution in [0.4, 0.5) is 0 Å². The van der Waals surface area contributed by atoms with Crippen LogP contribution in [0.2, 0.25) is 0 Å². The van der Waals surface area contributed by atoms with Crippen LogP contribution in [0.15, 0.2) is 47.8 Å². The zero-order valence-electron chi connectivity index (χ0n) is 12.9. The molecule has 4 nitrogen and oxygen atoms in total. The number of benzene rings is 2. The first-order valence-corrected chi connectivity index (χ1v) is 9.42. The van der Waals surface area contributed by atoms with Gasteiger partial charge in [-0.15, -0.1) is 11.3 Å². The van der Waals surface area contributed by atoms with E-state index >= 15 is 0 Å². The summed E-state index contributed by atoms with van der Waals surface area (Å²) in [6.07, 6.45) is 1.86. The van der Waals surface area contributed by atoms with Crippen molar-refractivity contribution in [2.45, 2.75) is 0 Å². The largest absolute Gasteiger partial charge is 0.454 e. The molecule has 0 fully saturated rings. The van der Waals surface area contributed by atoms with Crippen molar-refractivity contribution in [2.24, 2.45) is 0 Å². The van der Waals surface area contributed by atoms with Gasteiger partial charge in [-0.25, -0.2) is 4.98 Å². The molecule has 2 aromatic carbocycles. The minimum atomic E-state index is 0.248. The lowest BCUT2D eigenvalue weighted by Gasteiger charge is -1.99. The number of fused-ring (bicyclic) bond motifs is 1. The highest BCUT2D eigenvalue weighted by Gasteiger charge is 2.15. The Morgan fingerprint density at radius 2 is 1.96 bits per heavy atom. The number of hydrogen-bond acceptors (Lipinski definition) is 5. The fourth-order valence-corrected chi connectivity index (χ4v) is 3.61. The molecule has 0 bridgehead atoms. The van der Waals surface area contributed by atoms with Crippen molar-refractivity contribution >= 4 is 45.6 Å². The molecule has 0 atom stereocenters. The van der Waals surface area contributed by atoms with Crippen LogP contribution in [0, 0.1) is 14.9 Å². The standard InChI is InChI=1S/C19H11IN2O2S/c20-15-4-1-12(2-5-15)7-14(9-21)19-22-16(10-25-19)13-3-6-17-18(8-13)24-11-23-17/h1-8,10H,11H2/b14-7+. The Balaban J connectivity index is 1.65. The molecule has 25 heavy (non-hydrogen) atoms. The Kier molecular flexibility index (Phi) is 4.42. The number of rotatable bonds is 3. The summed E-state index contributed by atoms with van der Waals surface area (Å²) in [7, 11) is 0. The lowest BCUT2D eigenvalue weighted by Crippen LogP contribution is -1.92. The number of hydrogen-bond donors (Lipinski definition) is 0. The molecule has 6 heteroatoms. The third kappa shape index (κ3) is 3.38. The smallest absolute Gasteiger partial charge is 0.231 e. The van der Waals surface area contributed by atoms with Crippen LogP contribution in [0.1, 0.15) is 10.6 Å². The molecule has 0 spiro atoms. The molecular weight excluding hydrogens is 447 g/mol. The van der Waals surface area contributed by atoms with Gasteiger partial charge in [0.25, 0.3) is 0 Å². The fourth-order valence-electron chi connectivity index (χ4n) is 2.45. The maximum Gasteiger partial charge on any atom is 0.231 e. The summed E-state index contributed by atoms with van der Waals surface area (Å²) < 4.78 is 11.9. The third-order valence-electron chi connectivity index (χ3n) is 3.70. The summed E-state index contributed by atoms with van der Waals surface area (Å²) in [6, 6.07) is 16.0. The number of aromatic nitrogens is 1. The molecule has 0 saturated heterocycles. The predicted molar refractivity (Wildman–Crippen MR) is 106 cm³/mol. The quantitative estimate of drug-likeness (QED) is 0.400. The van der Waals surface area contributed by atoms with E-state index < -0.39 is 0 Å². The van der Waals surface area contributed by atoms with Gasteiger partial charge in [0.05, 0.1) is 11.3 Å². The van der Waals surface area contributed by atoms with Crippen molar-refractivity contribution in [1.82, 2.24) is 4.98 Å². The second-order valence-electron chi connectivity index (χ2n) is 5.33. The monoisotopic (exact) mass is 458 g/mol. The first kappa shape index (κ1) is 16.1. The van der Waals surface area contributed by atoms with E-state index in [1.54, 1.807) is 0 Å². The van der Waals surface area contributed by atoms with Crippen molar-refractivity contribution in [2.75, 3.05) is 6.79 Å². The number of nitriles is 1. The van der Waals surface area contributed by atoms with E-state index in [-0.39, 0.29) is 6.79 Å². The van der Waals surface area contributed by atoms with Crippen LogP contribution in [0.3, 0.4) is 0 Å². The van der Waals surface area contributed by atoms with Crippen molar-refractivity contribution < 1.29 is 9.47 Å². The highest BCUT2D eigenvalue weighted by Crippen LogP contribution is 2.36. The fraction of sp³-hybridized carbons (Fsp3) is 0.0526. The van der Waals surface area contributed by atoms with Crippen molar-refractivity contribution in [3.63, 3.8) is 0 Å². The average Bonchev–Trinajstić information content (AvgIpc) is 3.30. The third-order valence-corrected chi connectivity index (χ3v) is 5.30. The molecule has 0 amide bonds. The average molecular weight is 458 g/mol. The molecule has 0 N–H and O–H groups in total. The van der Waals surface area contributed by atoms with Gasteiger partial charge < -0.3 is 9.47 Å². The molecule has 4 rings (SSSR count). The minimum Gasteiger partial charge on any atom is -0.454 e. The summed E-state index contributed by atoms with van der Waals surface area (Å²) in [5.41, 5.74) is 3.30. The zero-order chi connectivity index (χ0) is 17.2. The number of thiazole rings is 1. The Bertz CT molecular complexity index is 1000. The predicted octanol–water partition coefficient (Wildman–Crippen LogP) is 5.21. The SMILES string of the molecule is N#C/C(=C\c1ccc(I)cc1)c1nc(-c2ccc3c(c2)OCO3)cs1. The molecule has 0 radical (unpaired) electrons. The molecule has 0 aliphatic carbocycles. The van der Waals surface area contributed by atoms with Gasteiger partial charge in [0.2, 0.25) is 6.79 Å². The van der Waals surface area contributed by atoms with Crippen LogP contribution < -0.4 is 9.47 Å². The molecule has 0 unspecified atom stereocenters. The molecule has 122 valence electrons. The topological polar surface area (TPSA) is 55.1 Å². The lowest BCUT2D eigenvalue weighted by molar-refractivity contribution is 0.174. The van der Waals surface area contributed by atoms with Crippen LogP contribution >= 0.6 is 33.9 Å². The van der Waals surface area contributed by atoms with Gasteiger partial charge >= 0.3 is 0 Å². The Morgan fingerprint density at radius 3 is 2.76 bits per heavy atom. The van der Waals surface area contributed by atoms with Gasteiger partial charge in [0, 0.05) is 14.5 Å². The van der Waals surface area contributed by atoms with E-state index in [1.807, 2.05) is 53.9 Å². The second kappa shape index (κ2) is 6.86. The number of ether oxygens (including phenoxy) is 2. The summed E-state index contributed by atoms with van der Waals surface area (Å²) in [5, 5.41) is 12.2. The highest BCUT2D eigenvalue weighted by atomic mass is 127. The molecule has 1 aliphatic heterocycles. The molecule has 3 aromatic rings. The van der Waals surface area contributed by atoms with Gasteiger partial charge in [-0.2, -0.15) is 5.26 Å². The van der Waals surface area contributed by atoms with Crippen molar-refractivity contribution in [3.05, 3.63) is 62.0 Å². The van der Waals surface area contributed by atoms with Crippen LogP contribution in [0.5, 0.6) is 11.5 Å². The second-order valence-corrected chi connectivity index (χ2v) is 7.43. The van der Waals surface area contributed by atoms with Crippen LogP contribution in [-0.4, -0.2) is 11.8 Å². The molecule has 1 aromatic heterocycles. The summed E-state index contributed by atoms with van der Waals surface area (Å²) >= 11 is 3.72. The summed E-state index contributed by atoms with van der Waals surface area (Å²) in [4.78, 5) is 4.62. The highest BCUT2D eigenvalue weighted by molar-refractivity contribution is 14.1. The van der Waals surface area contributed by atoms with Gasteiger partial charge in [0.1, 0.15) is 11.1 Å². The van der Waals surface area contributed by atoms with Crippen molar-refractivity contribution in [3.8, 4) is 28.8 Å². The summed E-state index contributed by atoms with van der Waals surface area (Å²) in [5.74, 6) is 1.47. The molecule has 2 heterocycles. The van der Waals surface area contributed by atoms with Crippen molar-refractivity contribution in [1.29, 1.82) is 5.26 Å². The Labute approximate surface area is 162 Å². The van der Waals surface area contributed by atoms with E-state index in [4.69, 9.17) is 9.47 Å². The first-order chi connectivity index (χ1) is 12.2. The van der Waals surface area contributed by atoms with E-state index in [0.717, 1.165) is 31.9 Å². The zero-order valence-corrected chi connectivity index (χ0v) is 15.9. The van der Waals surface area contributed by atoms with Gasteiger partial charge in [0.15, 0.2) is 11.5 Å². The lowest BCUT2D eigenvalue weighted by atomic mass is 10.1. The minimum absolute atomic E-state index is 0.248. The number of halogens is 1. The Morgan fingerprint density at radius 1 is 1.16 bits per heavy atom. The van der Waals surface area contributed by atoms with E-state index in [1.165, 1.54) is 11.3 Å². The van der Waals surface area contributed by atoms with E-state index in [0.29, 0.717) is 10.6 Å². The van der Waals surface area contributed by atoms with Gasteiger partial charge in [-0.3, -0.25) is 0 Å². The first-order valence-electron chi connectivity index (χ1n) is 7.46. The maximum absolute atomic E-state index is 9.51. The molecule has 0 saturated carbocycles. The van der Waals surface area contributed by atoms with E-state index in [9.17, 15) is 5.26 Å². The normalized spacial score (nSPS) is 12.9. The number of nitrogens with zero attached hydrogens (tertiary/aromatic N) is 2. The van der Waals surface area contributed by atoms with E-state index in [2.05, 4.69) is 33.6 Å². The van der Waals surface area contributed by atoms with Crippen LogP contribution in [0.25, 0.3) is 22.9 Å². The summed E-state index contributed by atoms with van der Waals surface area (Å²) in [6.45, 7) is 0.248. The van der Waals surface area contributed by atoms with Gasteiger partial charge in [-0.05, 0) is 64.6 Å². The number of allylic oxidation sites excluding steroid dienone is 1. The van der Waals surface area contributed by atoms with Gasteiger partial charge in [-0.1, -0.05) is 12.1 Å². The molecular formula is C19H11IN2O2S. The Hall–Kier alpha value is -2.37. The van der Waals surface area contributed by atoms with Crippen LogP contribution in [-0.2, 0) is 0 Å². The molecule has 1 aliphatic rings. The maximum atomic E-state index is 9.51.